The molecule has 1 saturated heterocycles. The summed E-state index contributed by atoms with van der Waals surface area (Å²) >= 11 is 0. The van der Waals surface area contributed by atoms with Crippen molar-refractivity contribution in [3.05, 3.63) is 11.8 Å². The molecule has 0 bridgehead atoms. The van der Waals surface area contributed by atoms with Crippen LogP contribution in [-0.2, 0) is 16.6 Å². The third kappa shape index (κ3) is 2.43. The van der Waals surface area contributed by atoms with Gasteiger partial charge in [0.15, 0.2) is 5.03 Å². The zero-order chi connectivity index (χ0) is 13.3. The Labute approximate surface area is 108 Å². The Hall–Kier alpha value is -0.920. The fraction of sp³-hybridized carbons (Fsp3) is 0.727. The van der Waals surface area contributed by atoms with Gasteiger partial charge in [-0.05, 0) is 32.8 Å². The number of sulfonamides is 1. The van der Waals surface area contributed by atoms with Gasteiger partial charge in [-0.25, -0.2) is 8.42 Å². The average molecular weight is 272 g/mol. The van der Waals surface area contributed by atoms with Gasteiger partial charge in [0.05, 0.1) is 5.69 Å². The SMILES string of the molecule is CCn1nc(C)cc1S(=O)(=O)N1CCC(N)CC1. The van der Waals surface area contributed by atoms with Gasteiger partial charge in [-0.1, -0.05) is 0 Å². The van der Waals surface area contributed by atoms with Crippen LogP contribution >= 0.6 is 0 Å². The molecule has 1 aromatic heterocycles. The first-order valence-electron chi connectivity index (χ1n) is 6.25. The van der Waals surface area contributed by atoms with E-state index in [9.17, 15) is 8.42 Å². The number of piperidine rings is 1. The van der Waals surface area contributed by atoms with Crippen LogP contribution in [0.1, 0.15) is 25.5 Å². The van der Waals surface area contributed by atoms with E-state index in [-0.39, 0.29) is 11.1 Å². The largest absolute Gasteiger partial charge is 0.328 e. The third-order valence-electron chi connectivity index (χ3n) is 3.27. The molecule has 6 nitrogen and oxygen atoms in total. The number of nitrogens with zero attached hydrogens (tertiary/aromatic N) is 3. The molecule has 7 heteroatoms. The number of aromatic nitrogens is 2. The first-order valence-corrected chi connectivity index (χ1v) is 7.69. The Kier molecular flexibility index (Phi) is 3.74. The molecule has 1 aromatic rings. The highest BCUT2D eigenvalue weighted by atomic mass is 32.2. The Morgan fingerprint density at radius 3 is 2.61 bits per heavy atom. The lowest BCUT2D eigenvalue weighted by atomic mass is 10.1. The fourth-order valence-corrected chi connectivity index (χ4v) is 3.92. The van der Waals surface area contributed by atoms with Crippen LogP contribution in [0.15, 0.2) is 11.1 Å². The predicted octanol–water partition coefficient (Wildman–Crippen LogP) is 0.323. The maximum Gasteiger partial charge on any atom is 0.260 e. The lowest BCUT2D eigenvalue weighted by molar-refractivity contribution is 0.317. The van der Waals surface area contributed by atoms with Crippen molar-refractivity contribution >= 4 is 10.0 Å². The summed E-state index contributed by atoms with van der Waals surface area (Å²) in [6, 6.07) is 1.75. The van der Waals surface area contributed by atoms with Crippen LogP contribution in [0.2, 0.25) is 0 Å². The first-order chi connectivity index (χ1) is 8.45. The molecule has 102 valence electrons. The van der Waals surface area contributed by atoms with Crippen molar-refractivity contribution in [3.8, 4) is 0 Å². The maximum absolute atomic E-state index is 12.5. The van der Waals surface area contributed by atoms with Gasteiger partial charge < -0.3 is 5.73 Å². The number of aryl methyl sites for hydroxylation is 2. The van der Waals surface area contributed by atoms with Gasteiger partial charge in [-0.2, -0.15) is 9.40 Å². The normalized spacial score (nSPS) is 19.3. The van der Waals surface area contributed by atoms with E-state index < -0.39 is 10.0 Å². The van der Waals surface area contributed by atoms with Crippen LogP contribution in [0.5, 0.6) is 0 Å². The Morgan fingerprint density at radius 1 is 1.44 bits per heavy atom. The molecule has 1 aliphatic rings. The summed E-state index contributed by atoms with van der Waals surface area (Å²) in [5.41, 5.74) is 6.53. The monoisotopic (exact) mass is 272 g/mol. The van der Waals surface area contributed by atoms with Crippen LogP contribution in [0.3, 0.4) is 0 Å². The zero-order valence-corrected chi connectivity index (χ0v) is 11.7. The van der Waals surface area contributed by atoms with E-state index in [1.54, 1.807) is 17.7 Å². The van der Waals surface area contributed by atoms with Crippen LogP contribution in [-0.4, -0.2) is 41.6 Å². The molecule has 0 atom stereocenters. The van der Waals surface area contributed by atoms with Gasteiger partial charge in [0.1, 0.15) is 0 Å². The lowest BCUT2D eigenvalue weighted by Crippen LogP contribution is -2.43. The lowest BCUT2D eigenvalue weighted by Gasteiger charge is -2.29. The van der Waals surface area contributed by atoms with E-state index >= 15 is 0 Å². The van der Waals surface area contributed by atoms with Crippen LogP contribution in [0.4, 0.5) is 0 Å². The smallest absolute Gasteiger partial charge is 0.260 e. The Balaban J connectivity index is 2.30. The van der Waals surface area contributed by atoms with E-state index in [1.165, 1.54) is 4.31 Å². The molecule has 0 spiro atoms. The molecule has 0 amide bonds. The van der Waals surface area contributed by atoms with E-state index in [0.717, 1.165) is 18.5 Å². The fourth-order valence-electron chi connectivity index (χ4n) is 2.20. The number of nitrogens with two attached hydrogens (primary N) is 1. The van der Waals surface area contributed by atoms with Crippen molar-refractivity contribution in [1.29, 1.82) is 0 Å². The maximum atomic E-state index is 12.5. The standard InChI is InChI=1S/C11H20N4O2S/c1-3-15-11(8-9(2)13-15)18(16,17)14-6-4-10(12)5-7-14/h8,10H,3-7,12H2,1-2H3. The second kappa shape index (κ2) is 4.99. The molecule has 0 unspecified atom stereocenters. The molecule has 1 fully saturated rings. The second-order valence-electron chi connectivity index (χ2n) is 4.68. The van der Waals surface area contributed by atoms with Crippen molar-refractivity contribution < 1.29 is 8.42 Å². The number of rotatable bonds is 3. The van der Waals surface area contributed by atoms with Gasteiger partial charge in [0.25, 0.3) is 10.0 Å². The highest BCUT2D eigenvalue weighted by Crippen LogP contribution is 2.20. The summed E-state index contributed by atoms with van der Waals surface area (Å²) in [7, 11) is -3.43. The summed E-state index contributed by atoms with van der Waals surface area (Å²) in [5, 5.41) is 4.48. The van der Waals surface area contributed by atoms with Gasteiger partial charge in [0.2, 0.25) is 0 Å². The average Bonchev–Trinajstić information content (AvgIpc) is 2.72. The molecule has 0 aliphatic carbocycles. The van der Waals surface area contributed by atoms with E-state index in [0.29, 0.717) is 19.6 Å². The molecular weight excluding hydrogens is 252 g/mol. The minimum Gasteiger partial charge on any atom is -0.328 e. The second-order valence-corrected chi connectivity index (χ2v) is 6.57. The summed E-state index contributed by atoms with van der Waals surface area (Å²) in [5.74, 6) is 0. The molecule has 0 aromatic carbocycles. The summed E-state index contributed by atoms with van der Waals surface area (Å²) < 4.78 is 28.1. The van der Waals surface area contributed by atoms with Crippen molar-refractivity contribution in [1.82, 2.24) is 14.1 Å². The topological polar surface area (TPSA) is 81.2 Å². The van der Waals surface area contributed by atoms with E-state index in [2.05, 4.69) is 5.10 Å². The summed E-state index contributed by atoms with van der Waals surface area (Å²) in [6.45, 7) is 5.24. The quantitative estimate of drug-likeness (QED) is 0.859. The zero-order valence-electron chi connectivity index (χ0n) is 10.8. The molecule has 1 aliphatic heterocycles. The minimum absolute atomic E-state index is 0.120. The summed E-state index contributed by atoms with van der Waals surface area (Å²) in [6.07, 6.45) is 1.44. The molecule has 2 heterocycles. The van der Waals surface area contributed by atoms with Crippen LogP contribution in [0.25, 0.3) is 0 Å². The highest BCUT2D eigenvalue weighted by Gasteiger charge is 2.30. The molecule has 18 heavy (non-hydrogen) atoms. The third-order valence-corrected chi connectivity index (χ3v) is 5.17. The van der Waals surface area contributed by atoms with Crippen LogP contribution in [0, 0.1) is 6.92 Å². The van der Waals surface area contributed by atoms with E-state index in [4.69, 9.17) is 5.73 Å². The van der Waals surface area contributed by atoms with E-state index in [1.807, 2.05) is 6.92 Å². The summed E-state index contributed by atoms with van der Waals surface area (Å²) in [4.78, 5) is 0. The Morgan fingerprint density at radius 2 is 2.06 bits per heavy atom. The van der Waals surface area contributed by atoms with Gasteiger partial charge in [-0.3, -0.25) is 4.68 Å². The molecule has 2 N–H and O–H groups in total. The van der Waals surface area contributed by atoms with Crippen molar-refractivity contribution in [2.45, 2.75) is 44.3 Å². The molecule has 2 rings (SSSR count). The molecule has 0 saturated carbocycles. The van der Waals surface area contributed by atoms with Crippen molar-refractivity contribution in [2.75, 3.05) is 13.1 Å². The van der Waals surface area contributed by atoms with Gasteiger partial charge in [-0.15, -0.1) is 0 Å². The van der Waals surface area contributed by atoms with Gasteiger partial charge >= 0.3 is 0 Å². The predicted molar refractivity (Wildman–Crippen MR) is 68.6 cm³/mol. The molecule has 0 radical (unpaired) electrons. The van der Waals surface area contributed by atoms with Crippen LogP contribution < -0.4 is 5.73 Å². The highest BCUT2D eigenvalue weighted by molar-refractivity contribution is 7.89. The van der Waals surface area contributed by atoms with Crippen molar-refractivity contribution in [3.63, 3.8) is 0 Å². The van der Waals surface area contributed by atoms with Gasteiger partial charge in [0, 0.05) is 25.7 Å². The number of hydrogen-bond acceptors (Lipinski definition) is 4. The minimum atomic E-state index is -3.43. The first kappa shape index (κ1) is 13.5. The molecular formula is C11H20N4O2S. The van der Waals surface area contributed by atoms with Crippen molar-refractivity contribution in [2.24, 2.45) is 5.73 Å². The Bertz CT molecular complexity index is 515. The number of hydrogen-bond donors (Lipinski definition) is 1.